The van der Waals surface area contributed by atoms with E-state index in [2.05, 4.69) is 0 Å². The van der Waals surface area contributed by atoms with Crippen molar-refractivity contribution < 1.29 is 19.1 Å². The topological polar surface area (TPSA) is 70.8 Å². The van der Waals surface area contributed by atoms with Crippen LogP contribution in [0.1, 0.15) is 35.9 Å². The predicted octanol–water partition coefficient (Wildman–Crippen LogP) is 4.22. The first-order valence-electron chi connectivity index (χ1n) is 8.92. The second-order valence-corrected chi connectivity index (χ2v) is 7.15. The Hall–Kier alpha value is -2.82. The van der Waals surface area contributed by atoms with Crippen LogP contribution >= 0.6 is 0 Å². The SMILES string of the molecule is Cc1c(C(=O)N(CC(C)C(=O)O)C2CC2)oc2c1ccc1ccccc12. The molecule has 1 heterocycles. The molecule has 5 nitrogen and oxygen atoms in total. The molecule has 3 aromatic rings. The maximum absolute atomic E-state index is 13.2. The van der Waals surface area contributed by atoms with Crippen molar-refractivity contribution >= 4 is 33.6 Å². The van der Waals surface area contributed by atoms with Gasteiger partial charge in [-0.2, -0.15) is 0 Å². The van der Waals surface area contributed by atoms with Gasteiger partial charge < -0.3 is 14.4 Å². The van der Waals surface area contributed by atoms with Gasteiger partial charge in [-0.3, -0.25) is 9.59 Å². The van der Waals surface area contributed by atoms with Crippen LogP contribution in [0.25, 0.3) is 21.7 Å². The summed E-state index contributed by atoms with van der Waals surface area (Å²) in [5.41, 5.74) is 1.52. The van der Waals surface area contributed by atoms with E-state index >= 15 is 0 Å². The van der Waals surface area contributed by atoms with Gasteiger partial charge in [0.05, 0.1) is 5.92 Å². The van der Waals surface area contributed by atoms with E-state index in [4.69, 9.17) is 4.42 Å². The summed E-state index contributed by atoms with van der Waals surface area (Å²) in [5.74, 6) is -1.39. The first-order valence-corrected chi connectivity index (χ1v) is 8.92. The van der Waals surface area contributed by atoms with E-state index in [1.165, 1.54) is 0 Å². The van der Waals surface area contributed by atoms with Crippen LogP contribution in [-0.2, 0) is 4.79 Å². The largest absolute Gasteiger partial charge is 0.481 e. The van der Waals surface area contributed by atoms with Gasteiger partial charge in [0.2, 0.25) is 0 Å². The van der Waals surface area contributed by atoms with Gasteiger partial charge in [-0.15, -0.1) is 0 Å². The molecule has 1 aromatic heterocycles. The molecular formula is C21H21NO4. The molecular weight excluding hydrogens is 330 g/mol. The van der Waals surface area contributed by atoms with Crippen molar-refractivity contribution in [3.63, 3.8) is 0 Å². The molecule has 1 atom stereocenters. The zero-order valence-corrected chi connectivity index (χ0v) is 14.9. The van der Waals surface area contributed by atoms with Gasteiger partial charge in [-0.05, 0) is 25.2 Å². The van der Waals surface area contributed by atoms with Crippen LogP contribution in [0.2, 0.25) is 0 Å². The van der Waals surface area contributed by atoms with Crippen LogP contribution in [0, 0.1) is 12.8 Å². The van der Waals surface area contributed by atoms with Crippen LogP contribution in [0.15, 0.2) is 40.8 Å². The number of carboxylic acids is 1. The predicted molar refractivity (Wildman–Crippen MR) is 99.3 cm³/mol. The maximum atomic E-state index is 13.2. The second kappa shape index (κ2) is 6.16. The summed E-state index contributed by atoms with van der Waals surface area (Å²) in [7, 11) is 0. The average molecular weight is 351 g/mol. The fraction of sp³-hybridized carbons (Fsp3) is 0.333. The highest BCUT2D eigenvalue weighted by Gasteiger charge is 2.37. The molecule has 0 aliphatic heterocycles. The van der Waals surface area contributed by atoms with E-state index < -0.39 is 11.9 Å². The molecule has 1 aliphatic rings. The van der Waals surface area contributed by atoms with Crippen molar-refractivity contribution in [1.82, 2.24) is 4.90 Å². The molecule has 1 aliphatic carbocycles. The summed E-state index contributed by atoms with van der Waals surface area (Å²) in [6.07, 6.45) is 1.83. The summed E-state index contributed by atoms with van der Waals surface area (Å²) in [5, 5.41) is 12.2. The Morgan fingerprint density at radius 3 is 2.62 bits per heavy atom. The standard InChI is InChI=1S/C21H21NO4/c1-12(21(24)25)11-22(15-8-9-15)20(23)18-13(2)16-10-7-14-5-3-4-6-17(14)19(16)26-18/h3-7,10,12,15H,8-9,11H2,1-2H3,(H,24,25). The van der Waals surface area contributed by atoms with Crippen molar-refractivity contribution in [2.24, 2.45) is 5.92 Å². The molecule has 134 valence electrons. The molecule has 0 radical (unpaired) electrons. The maximum Gasteiger partial charge on any atom is 0.308 e. The molecule has 1 N–H and O–H groups in total. The molecule has 2 aromatic carbocycles. The third-order valence-corrected chi connectivity index (χ3v) is 5.16. The van der Waals surface area contributed by atoms with Gasteiger partial charge in [0.15, 0.2) is 5.76 Å². The Labute approximate surface area is 151 Å². The van der Waals surface area contributed by atoms with E-state index in [0.717, 1.165) is 34.6 Å². The van der Waals surface area contributed by atoms with E-state index in [-0.39, 0.29) is 18.5 Å². The van der Waals surface area contributed by atoms with Crippen LogP contribution in [0.3, 0.4) is 0 Å². The lowest BCUT2D eigenvalue weighted by Gasteiger charge is -2.23. The normalized spacial score (nSPS) is 15.3. The third kappa shape index (κ3) is 2.73. The van der Waals surface area contributed by atoms with Crippen molar-refractivity contribution in [1.29, 1.82) is 0 Å². The fourth-order valence-corrected chi connectivity index (χ4v) is 3.44. The van der Waals surface area contributed by atoms with Crippen LogP contribution in [-0.4, -0.2) is 34.5 Å². The molecule has 5 heteroatoms. The summed E-state index contributed by atoms with van der Waals surface area (Å²) < 4.78 is 6.04. The molecule has 1 saturated carbocycles. The Balaban J connectivity index is 1.77. The molecule has 26 heavy (non-hydrogen) atoms. The summed E-state index contributed by atoms with van der Waals surface area (Å²) in [6.45, 7) is 3.72. The van der Waals surface area contributed by atoms with Gasteiger partial charge in [0.25, 0.3) is 5.91 Å². The highest BCUT2D eigenvalue weighted by molar-refractivity contribution is 6.09. The smallest absolute Gasteiger partial charge is 0.308 e. The Bertz CT molecular complexity index is 1020. The minimum absolute atomic E-state index is 0.119. The molecule has 0 bridgehead atoms. The number of furan rings is 1. The number of hydrogen-bond donors (Lipinski definition) is 1. The van der Waals surface area contributed by atoms with Crippen molar-refractivity contribution in [2.45, 2.75) is 32.7 Å². The summed E-state index contributed by atoms with van der Waals surface area (Å²) in [4.78, 5) is 26.1. The van der Waals surface area contributed by atoms with Crippen molar-refractivity contribution in [3.8, 4) is 0 Å². The van der Waals surface area contributed by atoms with Crippen LogP contribution in [0.4, 0.5) is 0 Å². The lowest BCUT2D eigenvalue weighted by molar-refractivity contribution is -0.141. The minimum atomic E-state index is -0.893. The fourth-order valence-electron chi connectivity index (χ4n) is 3.44. The van der Waals surface area contributed by atoms with E-state index in [1.54, 1.807) is 11.8 Å². The number of nitrogens with zero attached hydrogens (tertiary/aromatic N) is 1. The van der Waals surface area contributed by atoms with E-state index in [0.29, 0.717) is 11.3 Å². The number of fused-ring (bicyclic) bond motifs is 3. The Morgan fingerprint density at radius 2 is 1.92 bits per heavy atom. The Morgan fingerprint density at radius 1 is 1.19 bits per heavy atom. The number of aliphatic carboxylic acids is 1. The quantitative estimate of drug-likeness (QED) is 0.747. The van der Waals surface area contributed by atoms with Gasteiger partial charge in [-0.25, -0.2) is 0 Å². The second-order valence-electron chi connectivity index (χ2n) is 7.15. The van der Waals surface area contributed by atoms with Gasteiger partial charge in [0, 0.05) is 28.9 Å². The van der Waals surface area contributed by atoms with Crippen molar-refractivity contribution in [3.05, 3.63) is 47.7 Å². The monoisotopic (exact) mass is 351 g/mol. The zero-order chi connectivity index (χ0) is 18.4. The minimum Gasteiger partial charge on any atom is -0.481 e. The molecule has 1 unspecified atom stereocenters. The highest BCUT2D eigenvalue weighted by Crippen LogP contribution is 2.35. The Kier molecular flexibility index (Phi) is 3.94. The number of carboxylic acid groups (broad SMARTS) is 1. The van der Waals surface area contributed by atoms with E-state index in [1.807, 2.05) is 43.3 Å². The average Bonchev–Trinajstić information content (AvgIpc) is 3.42. The number of carbonyl (C=O) groups is 2. The number of aryl methyl sites for hydroxylation is 1. The molecule has 1 fully saturated rings. The van der Waals surface area contributed by atoms with Crippen LogP contribution in [0.5, 0.6) is 0 Å². The number of amides is 1. The summed E-state index contributed by atoms with van der Waals surface area (Å²) in [6, 6.07) is 12.0. The molecule has 0 spiro atoms. The highest BCUT2D eigenvalue weighted by atomic mass is 16.4. The van der Waals surface area contributed by atoms with Gasteiger partial charge in [0.1, 0.15) is 5.58 Å². The number of benzene rings is 2. The van der Waals surface area contributed by atoms with E-state index in [9.17, 15) is 14.7 Å². The third-order valence-electron chi connectivity index (χ3n) is 5.16. The first-order chi connectivity index (χ1) is 12.5. The lowest BCUT2D eigenvalue weighted by Crippen LogP contribution is -2.38. The van der Waals surface area contributed by atoms with Crippen molar-refractivity contribution in [2.75, 3.05) is 6.54 Å². The number of carbonyl (C=O) groups excluding carboxylic acids is 1. The first kappa shape index (κ1) is 16.6. The zero-order valence-electron chi connectivity index (χ0n) is 14.9. The lowest BCUT2D eigenvalue weighted by atomic mass is 10.1. The number of rotatable bonds is 5. The number of hydrogen-bond acceptors (Lipinski definition) is 3. The van der Waals surface area contributed by atoms with Gasteiger partial charge >= 0.3 is 5.97 Å². The van der Waals surface area contributed by atoms with Crippen LogP contribution < -0.4 is 0 Å². The molecule has 4 rings (SSSR count). The summed E-state index contributed by atoms with van der Waals surface area (Å²) >= 11 is 0. The molecule has 1 amide bonds. The van der Waals surface area contributed by atoms with Gasteiger partial charge in [-0.1, -0.05) is 43.3 Å². The molecule has 0 saturated heterocycles.